The number of terminal acetylenes is 1. The van der Waals surface area contributed by atoms with E-state index in [0.717, 1.165) is 0 Å². The molecule has 0 aromatic heterocycles. The number of rotatable bonds is 4. The first kappa shape index (κ1) is 19.0. The Kier molecular flexibility index (Phi) is 4.57. The van der Waals surface area contributed by atoms with E-state index in [-0.39, 0.29) is 27.8 Å². The van der Waals surface area contributed by atoms with Crippen LogP contribution in [-0.2, 0) is 0 Å². The fraction of sp³-hybridized carbons (Fsp3) is 0.190. The number of fused-ring (bicyclic) bond motifs is 2. The molecule has 0 saturated carbocycles. The molecule has 7 heteroatoms. The van der Waals surface area contributed by atoms with Crippen LogP contribution in [0.1, 0.15) is 62.5 Å². The Morgan fingerprint density at radius 2 is 1.75 bits per heavy atom. The Morgan fingerprint density at radius 1 is 1.14 bits per heavy atom. The largest absolute Gasteiger partial charge is 0.336 e. The third kappa shape index (κ3) is 2.85. The summed E-state index contributed by atoms with van der Waals surface area (Å²) in [6.07, 6.45) is 5.85. The first-order chi connectivity index (χ1) is 13.2. The number of hydrogen-bond donors (Lipinski definition) is 1. The number of carbonyl (C=O) groups is 3. The Morgan fingerprint density at radius 3 is 2.29 bits per heavy atom. The summed E-state index contributed by atoms with van der Waals surface area (Å²) in [6, 6.07) is 8.55. The van der Waals surface area contributed by atoms with Gasteiger partial charge in [0.25, 0.3) is 11.6 Å². The second-order valence-electron chi connectivity index (χ2n) is 6.63. The van der Waals surface area contributed by atoms with Gasteiger partial charge in [0, 0.05) is 16.7 Å². The Balaban J connectivity index is 2.21. The summed E-state index contributed by atoms with van der Waals surface area (Å²) in [4.78, 5) is 49.4. The van der Waals surface area contributed by atoms with Crippen LogP contribution in [0.25, 0.3) is 0 Å². The summed E-state index contributed by atoms with van der Waals surface area (Å²) < 4.78 is 0. The van der Waals surface area contributed by atoms with Crippen molar-refractivity contribution in [1.29, 1.82) is 0 Å². The molecule has 2 aromatic carbocycles. The summed E-state index contributed by atoms with van der Waals surface area (Å²) in [5, 5.41) is 14.4. The van der Waals surface area contributed by atoms with Gasteiger partial charge in [0.15, 0.2) is 5.78 Å². The van der Waals surface area contributed by atoms with Gasteiger partial charge < -0.3 is 5.32 Å². The summed E-state index contributed by atoms with van der Waals surface area (Å²) in [6.45, 7) is 3.38. The maximum atomic E-state index is 12.9. The van der Waals surface area contributed by atoms with Gasteiger partial charge in [-0.3, -0.25) is 24.5 Å². The second-order valence-corrected chi connectivity index (χ2v) is 6.63. The van der Waals surface area contributed by atoms with Crippen molar-refractivity contribution in [3.8, 4) is 12.3 Å². The van der Waals surface area contributed by atoms with Crippen molar-refractivity contribution < 1.29 is 19.3 Å². The number of hydrogen-bond acceptors (Lipinski definition) is 5. The van der Waals surface area contributed by atoms with E-state index in [2.05, 4.69) is 11.2 Å². The molecule has 2 aromatic rings. The van der Waals surface area contributed by atoms with Crippen molar-refractivity contribution in [3.05, 3.63) is 74.3 Å². The fourth-order valence-electron chi connectivity index (χ4n) is 3.09. The molecule has 1 aliphatic carbocycles. The van der Waals surface area contributed by atoms with Crippen LogP contribution in [-0.4, -0.2) is 27.9 Å². The SMILES string of the molecule is C#CC(C)(CC)NC(=O)c1ccc2c(c1[N+](=O)[O-])C(=O)c1ccccc1C2=O. The molecule has 7 nitrogen and oxygen atoms in total. The van der Waals surface area contributed by atoms with Gasteiger partial charge in [-0.2, -0.15) is 0 Å². The molecule has 0 aliphatic heterocycles. The van der Waals surface area contributed by atoms with Gasteiger partial charge in [-0.15, -0.1) is 6.42 Å². The van der Waals surface area contributed by atoms with Crippen molar-refractivity contribution in [2.45, 2.75) is 25.8 Å². The van der Waals surface area contributed by atoms with E-state index in [1.165, 1.54) is 24.3 Å². The average Bonchev–Trinajstić information content (AvgIpc) is 2.70. The topological polar surface area (TPSA) is 106 Å². The quantitative estimate of drug-likeness (QED) is 0.428. The lowest BCUT2D eigenvalue weighted by atomic mass is 9.82. The third-order valence-electron chi connectivity index (χ3n) is 4.91. The van der Waals surface area contributed by atoms with Crippen molar-refractivity contribution in [3.63, 3.8) is 0 Å². The molecule has 140 valence electrons. The second kappa shape index (κ2) is 6.74. The molecule has 1 aliphatic rings. The van der Waals surface area contributed by atoms with E-state index in [0.29, 0.717) is 6.42 Å². The molecule has 0 fully saturated rings. The van der Waals surface area contributed by atoms with Crippen molar-refractivity contribution in [2.75, 3.05) is 0 Å². The minimum Gasteiger partial charge on any atom is -0.336 e. The van der Waals surface area contributed by atoms with Gasteiger partial charge in [0.05, 0.1) is 10.5 Å². The van der Waals surface area contributed by atoms with E-state index in [9.17, 15) is 24.5 Å². The highest BCUT2D eigenvalue weighted by atomic mass is 16.6. The molecule has 28 heavy (non-hydrogen) atoms. The molecule has 1 amide bonds. The third-order valence-corrected chi connectivity index (χ3v) is 4.91. The number of carbonyl (C=O) groups excluding carboxylic acids is 3. The van der Waals surface area contributed by atoms with Crippen LogP contribution in [0.4, 0.5) is 5.69 Å². The molecule has 0 bridgehead atoms. The Hall–Kier alpha value is -3.79. The molecular formula is C21H16N2O5. The van der Waals surface area contributed by atoms with Crippen LogP contribution in [0.5, 0.6) is 0 Å². The molecule has 1 unspecified atom stereocenters. The lowest BCUT2D eigenvalue weighted by molar-refractivity contribution is -0.385. The van der Waals surface area contributed by atoms with Gasteiger partial charge in [-0.25, -0.2) is 0 Å². The number of ketones is 2. The Bertz CT molecular complexity index is 1100. The zero-order valence-electron chi connectivity index (χ0n) is 15.2. The average molecular weight is 376 g/mol. The number of nitrogens with zero attached hydrogens (tertiary/aromatic N) is 1. The van der Waals surface area contributed by atoms with Gasteiger partial charge in [-0.05, 0) is 25.5 Å². The van der Waals surface area contributed by atoms with E-state index in [4.69, 9.17) is 6.42 Å². The highest BCUT2D eigenvalue weighted by molar-refractivity contribution is 6.30. The molecule has 3 rings (SSSR count). The molecule has 1 atom stereocenters. The van der Waals surface area contributed by atoms with Crippen LogP contribution in [0.3, 0.4) is 0 Å². The summed E-state index contributed by atoms with van der Waals surface area (Å²) in [5.41, 5.74) is -2.24. The first-order valence-electron chi connectivity index (χ1n) is 8.54. The van der Waals surface area contributed by atoms with Gasteiger partial charge >= 0.3 is 0 Å². The maximum Gasteiger partial charge on any atom is 0.294 e. The monoisotopic (exact) mass is 376 g/mol. The standard InChI is InChI=1S/C21H16N2O5/c1-4-21(3,5-2)22-20(26)15-11-10-14-16(17(15)23(27)28)19(25)13-9-7-6-8-12(13)18(14)24/h1,6-11H,5H2,2-3H3,(H,22,26). The Labute approximate surface area is 160 Å². The van der Waals surface area contributed by atoms with Crippen LogP contribution >= 0.6 is 0 Å². The predicted molar refractivity (Wildman–Crippen MR) is 101 cm³/mol. The smallest absolute Gasteiger partial charge is 0.294 e. The number of benzene rings is 2. The highest BCUT2D eigenvalue weighted by Gasteiger charge is 2.39. The number of nitro groups is 1. The van der Waals surface area contributed by atoms with E-state index in [1.54, 1.807) is 26.0 Å². The van der Waals surface area contributed by atoms with Crippen LogP contribution in [0.15, 0.2) is 36.4 Å². The number of nitrogens with one attached hydrogen (secondary N) is 1. The molecule has 0 heterocycles. The first-order valence-corrected chi connectivity index (χ1v) is 8.54. The van der Waals surface area contributed by atoms with Crippen LogP contribution in [0, 0.1) is 22.5 Å². The predicted octanol–water partition coefficient (Wildman–Crippen LogP) is 2.90. The van der Waals surface area contributed by atoms with E-state index in [1.807, 2.05) is 0 Å². The van der Waals surface area contributed by atoms with E-state index >= 15 is 0 Å². The van der Waals surface area contributed by atoms with Crippen LogP contribution < -0.4 is 5.32 Å². The minimum absolute atomic E-state index is 0.0719. The summed E-state index contributed by atoms with van der Waals surface area (Å²) >= 11 is 0. The van der Waals surface area contributed by atoms with Crippen molar-refractivity contribution in [1.82, 2.24) is 5.32 Å². The highest BCUT2D eigenvalue weighted by Crippen LogP contribution is 2.35. The van der Waals surface area contributed by atoms with Gasteiger partial charge in [0.2, 0.25) is 5.78 Å². The molecule has 0 radical (unpaired) electrons. The number of amides is 1. The van der Waals surface area contributed by atoms with Gasteiger partial charge in [0.1, 0.15) is 11.1 Å². The summed E-state index contributed by atoms with van der Waals surface area (Å²) in [5.74, 6) is 0.501. The minimum atomic E-state index is -1.01. The maximum absolute atomic E-state index is 12.9. The van der Waals surface area contributed by atoms with Crippen LogP contribution in [0.2, 0.25) is 0 Å². The number of nitro benzene ring substituents is 1. The normalized spacial score (nSPS) is 14.3. The van der Waals surface area contributed by atoms with Crippen molar-refractivity contribution >= 4 is 23.2 Å². The lowest BCUT2D eigenvalue weighted by Crippen LogP contribution is -2.44. The molecule has 0 spiro atoms. The van der Waals surface area contributed by atoms with Crippen molar-refractivity contribution in [2.24, 2.45) is 0 Å². The molecule has 0 saturated heterocycles. The van der Waals surface area contributed by atoms with Gasteiger partial charge in [-0.1, -0.05) is 37.1 Å². The summed E-state index contributed by atoms with van der Waals surface area (Å²) in [7, 11) is 0. The van der Waals surface area contributed by atoms with E-state index < -0.39 is 33.6 Å². The zero-order chi connectivity index (χ0) is 20.6. The molecular weight excluding hydrogens is 360 g/mol. The zero-order valence-corrected chi connectivity index (χ0v) is 15.2. The molecule has 1 N–H and O–H groups in total. The lowest BCUT2D eigenvalue weighted by Gasteiger charge is -2.24. The fourth-order valence-corrected chi connectivity index (χ4v) is 3.09.